The molecule has 5 heteroatoms. The first kappa shape index (κ1) is 17.1. The van der Waals surface area contributed by atoms with Crippen molar-refractivity contribution < 1.29 is 14.3 Å². The van der Waals surface area contributed by atoms with Crippen LogP contribution in [0.25, 0.3) is 0 Å². The number of hydrogen-bond acceptors (Lipinski definition) is 3. The van der Waals surface area contributed by atoms with Crippen LogP contribution in [0, 0.1) is 0 Å². The lowest BCUT2D eigenvalue weighted by atomic mass is 10.0. The average Bonchev–Trinajstić information content (AvgIpc) is 2.48. The molecule has 22 heavy (non-hydrogen) atoms. The maximum Gasteiger partial charge on any atom is 0.258 e. The second kappa shape index (κ2) is 7.84. The molecule has 4 nitrogen and oxygen atoms in total. The number of nitrogens with zero attached hydrogens (tertiary/aromatic N) is 1. The van der Waals surface area contributed by atoms with Crippen molar-refractivity contribution in [3.8, 4) is 5.75 Å². The number of carbonyl (C=O) groups excluding carboxylic acids is 1. The molecule has 122 valence electrons. The SMILES string of the molecule is CCOc1cc(Cl)ccc1C(=O)N(C(C)C)C1CCOCC1. The van der Waals surface area contributed by atoms with Crippen LogP contribution in [0.4, 0.5) is 0 Å². The average molecular weight is 326 g/mol. The fraction of sp³-hybridized carbons (Fsp3) is 0.588. The van der Waals surface area contributed by atoms with Crippen LogP contribution >= 0.6 is 11.6 Å². The molecule has 1 heterocycles. The van der Waals surface area contributed by atoms with Gasteiger partial charge in [-0.05, 0) is 51.8 Å². The molecule has 1 aromatic carbocycles. The zero-order chi connectivity index (χ0) is 16.1. The van der Waals surface area contributed by atoms with Crippen LogP contribution in [0.2, 0.25) is 5.02 Å². The number of hydrogen-bond donors (Lipinski definition) is 0. The summed E-state index contributed by atoms with van der Waals surface area (Å²) in [5.74, 6) is 0.555. The highest BCUT2D eigenvalue weighted by Gasteiger charge is 2.30. The molecule has 1 amide bonds. The van der Waals surface area contributed by atoms with Crippen LogP contribution in [0.3, 0.4) is 0 Å². The quantitative estimate of drug-likeness (QED) is 0.827. The van der Waals surface area contributed by atoms with Gasteiger partial charge in [-0.3, -0.25) is 4.79 Å². The highest BCUT2D eigenvalue weighted by Crippen LogP contribution is 2.28. The van der Waals surface area contributed by atoms with E-state index in [1.807, 2.05) is 25.7 Å². The van der Waals surface area contributed by atoms with Crippen LogP contribution in [0.1, 0.15) is 44.0 Å². The third-order valence-corrected chi connectivity index (χ3v) is 4.08. The maximum atomic E-state index is 13.1. The minimum atomic E-state index is 0.00187. The molecule has 0 aromatic heterocycles. The molecule has 1 aromatic rings. The highest BCUT2D eigenvalue weighted by molar-refractivity contribution is 6.30. The Labute approximate surface area is 137 Å². The van der Waals surface area contributed by atoms with E-state index in [2.05, 4.69) is 0 Å². The van der Waals surface area contributed by atoms with Crippen molar-refractivity contribution in [2.24, 2.45) is 0 Å². The van der Waals surface area contributed by atoms with Crippen LogP contribution < -0.4 is 4.74 Å². The lowest BCUT2D eigenvalue weighted by molar-refractivity contribution is 0.0204. The van der Waals surface area contributed by atoms with Gasteiger partial charge in [-0.1, -0.05) is 11.6 Å². The fourth-order valence-electron chi connectivity index (χ4n) is 2.87. The number of halogens is 1. The summed E-state index contributed by atoms with van der Waals surface area (Å²) in [7, 11) is 0. The van der Waals surface area contributed by atoms with Crippen LogP contribution in [0.15, 0.2) is 18.2 Å². The number of ether oxygens (including phenoxy) is 2. The second-order valence-electron chi connectivity index (χ2n) is 5.72. The molecule has 0 aliphatic carbocycles. The minimum Gasteiger partial charge on any atom is -0.493 e. The molecular formula is C17H24ClNO3. The molecule has 0 saturated carbocycles. The van der Waals surface area contributed by atoms with Crippen molar-refractivity contribution in [1.82, 2.24) is 4.90 Å². The first-order valence-electron chi connectivity index (χ1n) is 7.87. The molecule has 0 N–H and O–H groups in total. The third-order valence-electron chi connectivity index (χ3n) is 3.85. The third kappa shape index (κ3) is 3.93. The van der Waals surface area contributed by atoms with Gasteiger partial charge >= 0.3 is 0 Å². The predicted octanol–water partition coefficient (Wildman–Crippen LogP) is 3.77. The summed E-state index contributed by atoms with van der Waals surface area (Å²) in [5.41, 5.74) is 0.575. The van der Waals surface area contributed by atoms with Gasteiger partial charge in [0.15, 0.2) is 0 Å². The van der Waals surface area contributed by atoms with Crippen LogP contribution in [0.5, 0.6) is 5.75 Å². The number of carbonyl (C=O) groups is 1. The van der Waals surface area contributed by atoms with Gasteiger partial charge in [0.05, 0.1) is 12.2 Å². The molecule has 1 fully saturated rings. The number of amides is 1. The van der Waals surface area contributed by atoms with Gasteiger partial charge in [0.2, 0.25) is 0 Å². The van der Waals surface area contributed by atoms with E-state index in [-0.39, 0.29) is 18.0 Å². The largest absolute Gasteiger partial charge is 0.493 e. The monoisotopic (exact) mass is 325 g/mol. The van der Waals surface area contributed by atoms with Gasteiger partial charge in [0.1, 0.15) is 5.75 Å². The topological polar surface area (TPSA) is 38.8 Å². The number of rotatable bonds is 5. The molecule has 0 atom stereocenters. The molecule has 1 aliphatic heterocycles. The van der Waals surface area contributed by atoms with E-state index < -0.39 is 0 Å². The Hall–Kier alpha value is -1.26. The van der Waals surface area contributed by atoms with Gasteiger partial charge in [0.25, 0.3) is 5.91 Å². The Morgan fingerprint density at radius 2 is 2.09 bits per heavy atom. The molecular weight excluding hydrogens is 302 g/mol. The van der Waals surface area contributed by atoms with E-state index in [1.54, 1.807) is 18.2 Å². The molecule has 2 rings (SSSR count). The van der Waals surface area contributed by atoms with Crippen LogP contribution in [-0.2, 0) is 4.74 Å². The van der Waals surface area contributed by atoms with Crippen molar-refractivity contribution in [3.63, 3.8) is 0 Å². The van der Waals surface area contributed by atoms with E-state index in [0.29, 0.717) is 36.2 Å². The van der Waals surface area contributed by atoms with E-state index in [0.717, 1.165) is 12.8 Å². The van der Waals surface area contributed by atoms with Gasteiger partial charge in [-0.25, -0.2) is 0 Å². The Morgan fingerprint density at radius 3 is 2.68 bits per heavy atom. The molecule has 0 bridgehead atoms. The zero-order valence-corrected chi connectivity index (χ0v) is 14.2. The summed E-state index contributed by atoms with van der Waals surface area (Å²) in [6.45, 7) is 7.90. The molecule has 1 aliphatic rings. The summed E-state index contributed by atoms with van der Waals surface area (Å²) in [5, 5.41) is 0.571. The standard InChI is InChI=1S/C17H24ClNO3/c1-4-22-16-11-13(18)5-6-15(16)17(20)19(12(2)3)14-7-9-21-10-8-14/h5-6,11-12,14H,4,7-10H2,1-3H3. The van der Waals surface area contributed by atoms with Crippen molar-refractivity contribution in [3.05, 3.63) is 28.8 Å². The summed E-state index contributed by atoms with van der Waals surface area (Å²) in [6.07, 6.45) is 1.75. The van der Waals surface area contributed by atoms with Gasteiger partial charge in [-0.15, -0.1) is 0 Å². The van der Waals surface area contributed by atoms with Crippen LogP contribution in [-0.4, -0.2) is 42.7 Å². The van der Waals surface area contributed by atoms with E-state index in [9.17, 15) is 4.79 Å². The minimum absolute atomic E-state index is 0.00187. The lowest BCUT2D eigenvalue weighted by Gasteiger charge is -2.37. The molecule has 1 saturated heterocycles. The Morgan fingerprint density at radius 1 is 1.41 bits per heavy atom. The Bertz CT molecular complexity index is 513. The Kier molecular flexibility index (Phi) is 6.09. The van der Waals surface area contributed by atoms with Crippen molar-refractivity contribution in [2.45, 2.75) is 45.7 Å². The summed E-state index contributed by atoms with van der Waals surface area (Å²) >= 11 is 6.03. The van der Waals surface area contributed by atoms with E-state index in [4.69, 9.17) is 21.1 Å². The maximum absolute atomic E-state index is 13.1. The van der Waals surface area contributed by atoms with Gasteiger partial charge < -0.3 is 14.4 Å². The number of benzene rings is 1. The summed E-state index contributed by atoms with van der Waals surface area (Å²) in [6, 6.07) is 5.54. The van der Waals surface area contributed by atoms with Gasteiger partial charge in [-0.2, -0.15) is 0 Å². The normalized spacial score (nSPS) is 15.9. The van der Waals surface area contributed by atoms with E-state index >= 15 is 0 Å². The van der Waals surface area contributed by atoms with Crippen molar-refractivity contribution >= 4 is 17.5 Å². The lowest BCUT2D eigenvalue weighted by Crippen LogP contribution is -2.47. The van der Waals surface area contributed by atoms with Crippen molar-refractivity contribution in [1.29, 1.82) is 0 Å². The second-order valence-corrected chi connectivity index (χ2v) is 6.16. The predicted molar refractivity (Wildman–Crippen MR) is 87.8 cm³/mol. The summed E-state index contributed by atoms with van der Waals surface area (Å²) < 4.78 is 11.0. The Balaban J connectivity index is 2.30. The molecule has 0 radical (unpaired) electrons. The smallest absolute Gasteiger partial charge is 0.258 e. The first-order valence-corrected chi connectivity index (χ1v) is 8.25. The van der Waals surface area contributed by atoms with E-state index in [1.165, 1.54) is 0 Å². The molecule has 0 spiro atoms. The highest BCUT2D eigenvalue weighted by atomic mass is 35.5. The van der Waals surface area contributed by atoms with Crippen molar-refractivity contribution in [2.75, 3.05) is 19.8 Å². The first-order chi connectivity index (χ1) is 10.5. The molecule has 0 unspecified atom stereocenters. The summed E-state index contributed by atoms with van der Waals surface area (Å²) in [4.78, 5) is 15.0. The van der Waals surface area contributed by atoms with Gasteiger partial charge in [0, 0.05) is 30.3 Å². The fourth-order valence-corrected chi connectivity index (χ4v) is 3.03. The zero-order valence-electron chi connectivity index (χ0n) is 13.5.